The standard InChI is InChI=1S/C12H15N5O2/c1-3-19-12(18)9-6-4-5-7-8(11(13)15-14-7)10(6)17(2)16-9/h3-5H2,1-2H3,(H3,13,14,15). The van der Waals surface area contributed by atoms with Crippen LogP contribution in [0.25, 0.3) is 11.3 Å². The number of H-pyrrole nitrogens is 1. The van der Waals surface area contributed by atoms with Crippen LogP contribution in [0.5, 0.6) is 0 Å². The van der Waals surface area contributed by atoms with Gasteiger partial charge in [0.25, 0.3) is 0 Å². The second-order valence-corrected chi connectivity index (χ2v) is 4.48. The third-order valence-corrected chi connectivity index (χ3v) is 3.35. The van der Waals surface area contributed by atoms with Crippen LogP contribution < -0.4 is 5.73 Å². The molecule has 100 valence electrons. The van der Waals surface area contributed by atoms with Crippen LogP contribution in [0, 0.1) is 0 Å². The number of hydrogen-bond acceptors (Lipinski definition) is 5. The fourth-order valence-corrected chi connectivity index (χ4v) is 2.57. The van der Waals surface area contributed by atoms with E-state index >= 15 is 0 Å². The smallest absolute Gasteiger partial charge is 0.359 e. The Morgan fingerprint density at radius 2 is 2.32 bits per heavy atom. The summed E-state index contributed by atoms with van der Waals surface area (Å²) in [5.41, 5.74) is 9.86. The summed E-state index contributed by atoms with van der Waals surface area (Å²) in [6.07, 6.45) is 1.50. The molecule has 3 N–H and O–H groups in total. The molecule has 2 aromatic rings. The van der Waals surface area contributed by atoms with E-state index in [0.717, 1.165) is 35.4 Å². The normalized spacial score (nSPS) is 12.9. The Morgan fingerprint density at radius 1 is 1.53 bits per heavy atom. The molecule has 0 saturated heterocycles. The number of aryl methyl sites for hydroxylation is 2. The van der Waals surface area contributed by atoms with Gasteiger partial charge in [-0.2, -0.15) is 10.2 Å². The first-order valence-corrected chi connectivity index (χ1v) is 6.19. The number of carbonyl (C=O) groups excluding carboxylic acids is 1. The highest BCUT2D eigenvalue weighted by atomic mass is 16.5. The number of nitrogens with zero attached hydrogens (tertiary/aromatic N) is 3. The SMILES string of the molecule is CCOC(=O)c1nn(C)c2c1CCc1[nH]nc(N)c1-2. The number of aromatic nitrogens is 4. The Balaban J connectivity index is 2.17. The molecule has 19 heavy (non-hydrogen) atoms. The monoisotopic (exact) mass is 261 g/mol. The van der Waals surface area contributed by atoms with Crippen molar-refractivity contribution in [3.63, 3.8) is 0 Å². The van der Waals surface area contributed by atoms with Gasteiger partial charge in [0.1, 0.15) is 0 Å². The molecule has 7 heteroatoms. The van der Waals surface area contributed by atoms with Crippen molar-refractivity contribution >= 4 is 11.8 Å². The molecular formula is C12H15N5O2. The third-order valence-electron chi connectivity index (χ3n) is 3.35. The van der Waals surface area contributed by atoms with Crippen LogP contribution in [0.1, 0.15) is 28.7 Å². The Bertz CT molecular complexity index is 655. The first-order chi connectivity index (χ1) is 9.13. The lowest BCUT2D eigenvalue weighted by molar-refractivity contribution is 0.0517. The average Bonchev–Trinajstić information content (AvgIpc) is 2.92. The average molecular weight is 261 g/mol. The third kappa shape index (κ3) is 1.61. The molecule has 0 spiro atoms. The summed E-state index contributed by atoms with van der Waals surface area (Å²) >= 11 is 0. The summed E-state index contributed by atoms with van der Waals surface area (Å²) in [7, 11) is 1.79. The molecule has 0 unspecified atom stereocenters. The molecule has 1 aliphatic rings. The number of aromatic amines is 1. The molecule has 0 bridgehead atoms. The summed E-state index contributed by atoms with van der Waals surface area (Å²) in [5, 5.41) is 11.2. The number of anilines is 1. The van der Waals surface area contributed by atoms with Crippen molar-refractivity contribution in [1.29, 1.82) is 0 Å². The molecule has 0 radical (unpaired) electrons. The molecule has 0 amide bonds. The van der Waals surface area contributed by atoms with Crippen LogP contribution in [-0.4, -0.2) is 32.6 Å². The minimum Gasteiger partial charge on any atom is -0.461 e. The van der Waals surface area contributed by atoms with Gasteiger partial charge in [-0.05, 0) is 19.8 Å². The van der Waals surface area contributed by atoms with Gasteiger partial charge in [-0.25, -0.2) is 4.79 Å². The molecule has 0 aliphatic heterocycles. The van der Waals surface area contributed by atoms with Crippen molar-refractivity contribution < 1.29 is 9.53 Å². The van der Waals surface area contributed by atoms with Crippen LogP contribution in [0.4, 0.5) is 5.82 Å². The predicted octanol–water partition coefficient (Wildman–Crippen LogP) is 0.668. The second kappa shape index (κ2) is 4.11. The maximum atomic E-state index is 11.9. The Morgan fingerprint density at radius 3 is 3.05 bits per heavy atom. The van der Waals surface area contributed by atoms with Crippen LogP contribution in [0.3, 0.4) is 0 Å². The van der Waals surface area contributed by atoms with Gasteiger partial charge < -0.3 is 10.5 Å². The van der Waals surface area contributed by atoms with E-state index in [9.17, 15) is 4.79 Å². The largest absolute Gasteiger partial charge is 0.461 e. The predicted molar refractivity (Wildman–Crippen MR) is 68.6 cm³/mol. The zero-order valence-electron chi connectivity index (χ0n) is 10.9. The van der Waals surface area contributed by atoms with Gasteiger partial charge in [-0.3, -0.25) is 9.78 Å². The minimum atomic E-state index is -0.384. The van der Waals surface area contributed by atoms with Gasteiger partial charge in [-0.1, -0.05) is 0 Å². The molecule has 7 nitrogen and oxygen atoms in total. The number of rotatable bonds is 2. The fraction of sp³-hybridized carbons (Fsp3) is 0.417. The van der Waals surface area contributed by atoms with E-state index in [1.54, 1.807) is 18.7 Å². The lowest BCUT2D eigenvalue weighted by Crippen LogP contribution is -2.10. The van der Waals surface area contributed by atoms with E-state index in [1.807, 2.05) is 0 Å². The van der Waals surface area contributed by atoms with Crippen LogP contribution in [0.15, 0.2) is 0 Å². The molecule has 0 atom stereocenters. The van der Waals surface area contributed by atoms with E-state index < -0.39 is 0 Å². The molecule has 1 aliphatic carbocycles. The van der Waals surface area contributed by atoms with Crippen molar-refractivity contribution in [2.45, 2.75) is 19.8 Å². The number of nitrogens with two attached hydrogens (primary N) is 1. The number of fused-ring (bicyclic) bond motifs is 3. The van der Waals surface area contributed by atoms with Crippen molar-refractivity contribution in [2.75, 3.05) is 12.3 Å². The van der Waals surface area contributed by atoms with Crippen LogP contribution in [-0.2, 0) is 24.6 Å². The Kier molecular flexibility index (Phi) is 2.55. The first kappa shape index (κ1) is 11.8. The lowest BCUT2D eigenvalue weighted by Gasteiger charge is -2.13. The first-order valence-electron chi connectivity index (χ1n) is 6.19. The van der Waals surface area contributed by atoms with Crippen LogP contribution >= 0.6 is 0 Å². The maximum absolute atomic E-state index is 11.9. The zero-order valence-corrected chi connectivity index (χ0v) is 10.9. The van der Waals surface area contributed by atoms with Gasteiger partial charge in [0, 0.05) is 18.3 Å². The van der Waals surface area contributed by atoms with Crippen molar-refractivity contribution in [3.05, 3.63) is 17.0 Å². The zero-order chi connectivity index (χ0) is 13.6. The summed E-state index contributed by atoms with van der Waals surface area (Å²) in [6.45, 7) is 2.11. The van der Waals surface area contributed by atoms with Crippen molar-refractivity contribution in [1.82, 2.24) is 20.0 Å². The molecule has 2 aromatic heterocycles. The highest BCUT2D eigenvalue weighted by Crippen LogP contribution is 2.37. The van der Waals surface area contributed by atoms with E-state index in [4.69, 9.17) is 10.5 Å². The summed E-state index contributed by atoms with van der Waals surface area (Å²) < 4.78 is 6.71. The van der Waals surface area contributed by atoms with Crippen molar-refractivity contribution in [2.24, 2.45) is 7.05 Å². The molecule has 0 aromatic carbocycles. The van der Waals surface area contributed by atoms with E-state index in [1.165, 1.54) is 0 Å². The minimum absolute atomic E-state index is 0.337. The summed E-state index contributed by atoms with van der Waals surface area (Å²) in [5.74, 6) is 0.0548. The van der Waals surface area contributed by atoms with Gasteiger partial charge in [0.05, 0.1) is 17.9 Å². The van der Waals surface area contributed by atoms with Gasteiger partial charge in [-0.15, -0.1) is 0 Å². The molecule has 0 saturated carbocycles. The highest BCUT2D eigenvalue weighted by molar-refractivity contribution is 5.93. The number of carbonyl (C=O) groups is 1. The Hall–Kier alpha value is -2.31. The Labute approximate surface area is 109 Å². The molecule has 3 rings (SSSR count). The van der Waals surface area contributed by atoms with Gasteiger partial charge in [0.15, 0.2) is 11.5 Å². The molecular weight excluding hydrogens is 246 g/mol. The molecule has 2 heterocycles. The molecule has 0 fully saturated rings. The van der Waals surface area contributed by atoms with Crippen molar-refractivity contribution in [3.8, 4) is 11.3 Å². The van der Waals surface area contributed by atoms with Crippen LogP contribution in [0.2, 0.25) is 0 Å². The second-order valence-electron chi connectivity index (χ2n) is 4.48. The quantitative estimate of drug-likeness (QED) is 0.774. The number of esters is 1. The van der Waals surface area contributed by atoms with E-state index in [-0.39, 0.29) is 5.97 Å². The number of nitrogen functional groups attached to an aromatic ring is 1. The van der Waals surface area contributed by atoms with E-state index in [2.05, 4.69) is 15.3 Å². The fourth-order valence-electron chi connectivity index (χ4n) is 2.57. The number of nitrogens with one attached hydrogen (secondary N) is 1. The highest BCUT2D eigenvalue weighted by Gasteiger charge is 2.30. The number of ether oxygens (including phenoxy) is 1. The topological polar surface area (TPSA) is 98.8 Å². The van der Waals surface area contributed by atoms with Gasteiger partial charge in [0.2, 0.25) is 0 Å². The van der Waals surface area contributed by atoms with Gasteiger partial charge >= 0.3 is 5.97 Å². The number of hydrogen-bond donors (Lipinski definition) is 2. The summed E-state index contributed by atoms with van der Waals surface area (Å²) in [6, 6.07) is 0. The maximum Gasteiger partial charge on any atom is 0.359 e. The lowest BCUT2D eigenvalue weighted by atomic mass is 9.93. The summed E-state index contributed by atoms with van der Waals surface area (Å²) in [4.78, 5) is 11.9. The van der Waals surface area contributed by atoms with E-state index in [0.29, 0.717) is 18.1 Å².